The third kappa shape index (κ3) is 4.64. The Hall–Kier alpha value is -4.50. The number of aromatic nitrogens is 2. The predicted octanol–water partition coefficient (Wildman–Crippen LogP) is 3.35. The van der Waals surface area contributed by atoms with Crippen molar-refractivity contribution in [2.45, 2.75) is 13.0 Å². The molecule has 0 saturated heterocycles. The summed E-state index contributed by atoms with van der Waals surface area (Å²) in [5.74, 6) is 0.496. The molecule has 0 saturated carbocycles. The standard InChI is InChI=1S/C29H25N3O5S/c1-4-37-28(34)24-25(19-8-6-5-7-9-19)31-29-32(26(24)21-11-10-20(35-2)17-22(21)36-3)27(33)23(38-29)16-18-12-14-30-15-13-18/h5-17,26H,4H2,1-3H3. The van der Waals surface area contributed by atoms with Gasteiger partial charge in [0, 0.05) is 29.6 Å². The Bertz CT molecular complexity index is 1690. The molecule has 0 radical (unpaired) electrons. The molecule has 3 heterocycles. The maximum atomic E-state index is 13.9. The molecule has 1 aliphatic rings. The van der Waals surface area contributed by atoms with Crippen LogP contribution in [-0.2, 0) is 9.53 Å². The monoisotopic (exact) mass is 527 g/mol. The summed E-state index contributed by atoms with van der Waals surface area (Å²) in [5.41, 5.74) is 2.60. The number of carbonyl (C=O) groups is 1. The van der Waals surface area contributed by atoms with Crippen LogP contribution in [0.15, 0.2) is 88.4 Å². The van der Waals surface area contributed by atoms with Crippen LogP contribution in [-0.4, -0.2) is 36.3 Å². The van der Waals surface area contributed by atoms with E-state index >= 15 is 0 Å². The summed E-state index contributed by atoms with van der Waals surface area (Å²) in [6, 6.07) is 17.5. The second-order valence-electron chi connectivity index (χ2n) is 8.32. The van der Waals surface area contributed by atoms with E-state index in [4.69, 9.17) is 19.2 Å². The molecule has 8 nitrogen and oxygen atoms in total. The van der Waals surface area contributed by atoms with Crippen molar-refractivity contribution in [3.05, 3.63) is 115 Å². The van der Waals surface area contributed by atoms with Gasteiger partial charge in [0.05, 0.1) is 36.6 Å². The van der Waals surface area contributed by atoms with Crippen molar-refractivity contribution in [1.82, 2.24) is 9.55 Å². The highest BCUT2D eigenvalue weighted by Crippen LogP contribution is 2.40. The van der Waals surface area contributed by atoms with Crippen molar-refractivity contribution in [2.75, 3.05) is 20.8 Å². The minimum Gasteiger partial charge on any atom is -0.497 e. The fourth-order valence-electron chi connectivity index (χ4n) is 4.39. The SMILES string of the molecule is CCOC(=O)C1=C(c2ccccc2)N=c2sc(=Cc3ccncc3)c(=O)n2C1c1ccc(OC)cc1OC. The molecule has 4 aromatic rings. The molecule has 1 aliphatic heterocycles. The number of benzene rings is 2. The van der Waals surface area contributed by atoms with Crippen LogP contribution >= 0.6 is 11.3 Å². The lowest BCUT2D eigenvalue weighted by Gasteiger charge is -2.27. The molecule has 0 bridgehead atoms. The molecule has 0 spiro atoms. The van der Waals surface area contributed by atoms with E-state index in [2.05, 4.69) is 4.98 Å². The molecular formula is C29H25N3O5S. The van der Waals surface area contributed by atoms with Crippen molar-refractivity contribution in [3.63, 3.8) is 0 Å². The van der Waals surface area contributed by atoms with Crippen LogP contribution in [0.1, 0.15) is 29.7 Å². The van der Waals surface area contributed by atoms with E-state index < -0.39 is 12.0 Å². The maximum Gasteiger partial charge on any atom is 0.338 e. The number of nitrogens with zero attached hydrogens (tertiary/aromatic N) is 3. The minimum atomic E-state index is -0.846. The first-order valence-corrected chi connectivity index (χ1v) is 12.8. The first kappa shape index (κ1) is 25.2. The first-order chi connectivity index (χ1) is 18.5. The fraction of sp³-hybridized carbons (Fsp3) is 0.172. The quantitative estimate of drug-likeness (QED) is 0.343. The number of rotatable bonds is 7. The second kappa shape index (κ2) is 10.9. The predicted molar refractivity (Wildman–Crippen MR) is 145 cm³/mol. The number of thiazole rings is 1. The van der Waals surface area contributed by atoms with E-state index in [1.807, 2.05) is 42.5 Å². The van der Waals surface area contributed by atoms with Gasteiger partial charge >= 0.3 is 5.97 Å². The van der Waals surface area contributed by atoms with E-state index in [1.165, 1.54) is 18.4 Å². The fourth-order valence-corrected chi connectivity index (χ4v) is 5.39. The number of carbonyl (C=O) groups excluding carboxylic acids is 1. The largest absolute Gasteiger partial charge is 0.497 e. The van der Waals surface area contributed by atoms with Crippen LogP contribution in [0.3, 0.4) is 0 Å². The molecule has 192 valence electrons. The highest BCUT2D eigenvalue weighted by Gasteiger charge is 2.36. The summed E-state index contributed by atoms with van der Waals surface area (Å²) in [6.45, 7) is 1.91. The Morgan fingerprint density at radius 3 is 2.50 bits per heavy atom. The summed E-state index contributed by atoms with van der Waals surface area (Å²) in [5, 5.41) is 0. The van der Waals surface area contributed by atoms with Crippen molar-refractivity contribution in [2.24, 2.45) is 4.99 Å². The lowest BCUT2D eigenvalue weighted by molar-refractivity contribution is -0.138. The van der Waals surface area contributed by atoms with Crippen LogP contribution < -0.4 is 24.4 Å². The summed E-state index contributed by atoms with van der Waals surface area (Å²) >= 11 is 1.26. The molecule has 1 unspecified atom stereocenters. The minimum absolute atomic E-state index is 0.170. The first-order valence-electron chi connectivity index (χ1n) is 12.0. The van der Waals surface area contributed by atoms with Gasteiger partial charge in [0.1, 0.15) is 17.5 Å². The number of esters is 1. The van der Waals surface area contributed by atoms with Crippen LogP contribution in [0.25, 0.3) is 11.8 Å². The van der Waals surface area contributed by atoms with E-state index in [9.17, 15) is 9.59 Å². The van der Waals surface area contributed by atoms with Crippen LogP contribution in [0, 0.1) is 0 Å². The third-order valence-electron chi connectivity index (χ3n) is 6.11. The van der Waals surface area contributed by atoms with E-state index in [0.29, 0.717) is 32.1 Å². The second-order valence-corrected chi connectivity index (χ2v) is 9.33. The van der Waals surface area contributed by atoms with Gasteiger partial charge in [-0.1, -0.05) is 41.7 Å². The maximum absolute atomic E-state index is 13.9. The van der Waals surface area contributed by atoms with Crippen molar-refractivity contribution in [3.8, 4) is 11.5 Å². The third-order valence-corrected chi connectivity index (χ3v) is 7.10. The van der Waals surface area contributed by atoms with E-state index in [0.717, 1.165) is 11.1 Å². The van der Waals surface area contributed by atoms with Crippen molar-refractivity contribution in [1.29, 1.82) is 0 Å². The van der Waals surface area contributed by atoms with Gasteiger partial charge in [0.15, 0.2) is 4.80 Å². The molecule has 9 heteroatoms. The Balaban J connectivity index is 1.87. The van der Waals surface area contributed by atoms with E-state index in [1.54, 1.807) is 55.3 Å². The van der Waals surface area contributed by atoms with Crippen molar-refractivity contribution >= 4 is 29.1 Å². The van der Waals surface area contributed by atoms with Gasteiger partial charge in [-0.15, -0.1) is 0 Å². The lowest BCUT2D eigenvalue weighted by Crippen LogP contribution is -2.40. The zero-order valence-electron chi connectivity index (χ0n) is 21.1. The number of hydrogen-bond acceptors (Lipinski definition) is 8. The topological polar surface area (TPSA) is 92.0 Å². The molecule has 2 aromatic carbocycles. The molecule has 2 aromatic heterocycles. The molecular weight excluding hydrogens is 502 g/mol. The van der Waals surface area contributed by atoms with Gasteiger partial charge in [-0.05, 0) is 42.8 Å². The Kier molecular flexibility index (Phi) is 7.19. The Labute approximate surface area is 222 Å². The van der Waals surface area contributed by atoms with E-state index in [-0.39, 0.29) is 17.7 Å². The van der Waals surface area contributed by atoms with Crippen LogP contribution in [0.5, 0.6) is 11.5 Å². The molecule has 38 heavy (non-hydrogen) atoms. The molecule has 0 aliphatic carbocycles. The highest BCUT2D eigenvalue weighted by atomic mass is 32.1. The number of pyridine rings is 1. The zero-order valence-corrected chi connectivity index (χ0v) is 21.9. The molecule has 5 rings (SSSR count). The molecule has 1 atom stereocenters. The molecule has 0 N–H and O–H groups in total. The lowest BCUT2D eigenvalue weighted by atomic mass is 9.92. The number of fused-ring (bicyclic) bond motifs is 1. The Morgan fingerprint density at radius 1 is 1.05 bits per heavy atom. The van der Waals surface area contributed by atoms with Crippen LogP contribution in [0.4, 0.5) is 0 Å². The average molecular weight is 528 g/mol. The van der Waals surface area contributed by atoms with Gasteiger partial charge in [0.25, 0.3) is 5.56 Å². The zero-order chi connectivity index (χ0) is 26.6. The summed E-state index contributed by atoms with van der Waals surface area (Å²) in [6.07, 6.45) is 5.13. The summed E-state index contributed by atoms with van der Waals surface area (Å²) < 4.78 is 18.6. The van der Waals surface area contributed by atoms with Gasteiger partial charge in [-0.25, -0.2) is 9.79 Å². The summed E-state index contributed by atoms with van der Waals surface area (Å²) in [7, 11) is 3.10. The van der Waals surface area contributed by atoms with Gasteiger partial charge in [-0.2, -0.15) is 0 Å². The molecule has 0 amide bonds. The van der Waals surface area contributed by atoms with Gasteiger partial charge < -0.3 is 14.2 Å². The number of methoxy groups -OCH3 is 2. The molecule has 0 fully saturated rings. The van der Waals surface area contributed by atoms with Gasteiger partial charge in [-0.3, -0.25) is 14.3 Å². The highest BCUT2D eigenvalue weighted by molar-refractivity contribution is 7.07. The smallest absolute Gasteiger partial charge is 0.338 e. The number of ether oxygens (including phenoxy) is 3. The van der Waals surface area contributed by atoms with Crippen molar-refractivity contribution < 1.29 is 19.0 Å². The number of hydrogen-bond donors (Lipinski definition) is 0. The van der Waals surface area contributed by atoms with Gasteiger partial charge in [0.2, 0.25) is 0 Å². The average Bonchev–Trinajstić information content (AvgIpc) is 3.27. The van der Waals surface area contributed by atoms with Crippen LogP contribution in [0.2, 0.25) is 0 Å². The Morgan fingerprint density at radius 2 is 1.82 bits per heavy atom. The normalized spacial score (nSPS) is 15.0. The summed E-state index contributed by atoms with van der Waals surface area (Å²) in [4.78, 5) is 36.9.